The molecule has 4 rings (SSSR count). The first-order chi connectivity index (χ1) is 11.3. The van der Waals surface area contributed by atoms with Gasteiger partial charge in [0.25, 0.3) is 0 Å². The average Bonchev–Trinajstić information content (AvgIpc) is 2.70. The van der Waals surface area contributed by atoms with E-state index in [1.54, 1.807) is 0 Å². The van der Waals surface area contributed by atoms with Crippen molar-refractivity contribution in [1.82, 2.24) is 0 Å². The van der Waals surface area contributed by atoms with Gasteiger partial charge in [-0.3, -0.25) is 4.99 Å². The summed E-state index contributed by atoms with van der Waals surface area (Å²) in [7, 11) is 2.10. The van der Waals surface area contributed by atoms with Crippen molar-refractivity contribution in [2.75, 3.05) is 11.9 Å². The lowest BCUT2D eigenvalue weighted by molar-refractivity contribution is 0.0822. The molecule has 0 radical (unpaired) electrons. The molecule has 0 saturated heterocycles. The van der Waals surface area contributed by atoms with Crippen LogP contribution in [0.5, 0.6) is 5.75 Å². The molecule has 2 aliphatic heterocycles. The Kier molecular flexibility index (Phi) is 2.94. The number of ether oxygens (including phenoxy) is 1. The van der Waals surface area contributed by atoms with E-state index in [9.17, 15) is 0 Å². The number of anilines is 1. The first-order valence-corrected chi connectivity index (χ1v) is 8.47. The third-order valence-electron chi connectivity index (χ3n) is 5.85. The Hall–Kier alpha value is -2.29. The van der Waals surface area contributed by atoms with Crippen LogP contribution in [0.15, 0.2) is 35.3 Å². The lowest BCUT2D eigenvalue weighted by atomic mass is 9.75. The van der Waals surface area contributed by atoms with Crippen LogP contribution in [0.25, 0.3) is 0 Å². The van der Waals surface area contributed by atoms with Gasteiger partial charge in [-0.15, -0.1) is 0 Å². The second-order valence-electron chi connectivity index (χ2n) is 7.61. The predicted octanol–water partition coefficient (Wildman–Crippen LogP) is 4.83. The minimum Gasteiger partial charge on any atom is -0.459 e. The zero-order valence-electron chi connectivity index (χ0n) is 15.3. The summed E-state index contributed by atoms with van der Waals surface area (Å²) < 4.78 is 6.62. The first-order valence-electron chi connectivity index (χ1n) is 8.47. The lowest BCUT2D eigenvalue weighted by Gasteiger charge is -2.45. The number of fused-ring (bicyclic) bond motifs is 2. The van der Waals surface area contributed by atoms with Crippen molar-refractivity contribution in [3.05, 3.63) is 52.6 Å². The van der Waals surface area contributed by atoms with Gasteiger partial charge in [-0.05, 0) is 75.1 Å². The van der Waals surface area contributed by atoms with Crippen LogP contribution in [0.3, 0.4) is 0 Å². The van der Waals surface area contributed by atoms with E-state index in [4.69, 9.17) is 9.73 Å². The predicted molar refractivity (Wildman–Crippen MR) is 100 cm³/mol. The Morgan fingerprint density at radius 3 is 2.54 bits per heavy atom. The van der Waals surface area contributed by atoms with Crippen LogP contribution in [0.2, 0.25) is 0 Å². The maximum atomic E-state index is 6.62. The van der Waals surface area contributed by atoms with E-state index in [2.05, 4.69) is 70.8 Å². The quantitative estimate of drug-likeness (QED) is 0.694. The zero-order valence-corrected chi connectivity index (χ0v) is 15.3. The van der Waals surface area contributed by atoms with Gasteiger partial charge in [0.1, 0.15) is 11.4 Å². The van der Waals surface area contributed by atoms with Crippen molar-refractivity contribution in [2.24, 2.45) is 4.99 Å². The molecule has 3 heteroatoms. The van der Waals surface area contributed by atoms with Crippen LogP contribution in [-0.2, 0) is 5.41 Å². The van der Waals surface area contributed by atoms with Crippen LogP contribution in [0.4, 0.5) is 11.4 Å². The van der Waals surface area contributed by atoms with E-state index in [0.717, 1.165) is 11.4 Å². The van der Waals surface area contributed by atoms with Crippen LogP contribution < -0.4 is 9.64 Å². The highest BCUT2D eigenvalue weighted by Crippen LogP contribution is 2.54. The van der Waals surface area contributed by atoms with Gasteiger partial charge >= 0.3 is 0 Å². The number of benzene rings is 2. The molecule has 0 N–H and O–H groups in total. The van der Waals surface area contributed by atoms with E-state index >= 15 is 0 Å². The molecular formula is C21H24N2O. The van der Waals surface area contributed by atoms with E-state index in [-0.39, 0.29) is 5.41 Å². The molecule has 1 spiro atoms. The van der Waals surface area contributed by atoms with Crippen molar-refractivity contribution in [2.45, 2.75) is 45.8 Å². The van der Waals surface area contributed by atoms with Crippen LogP contribution in [-0.4, -0.2) is 19.0 Å². The molecule has 2 aliphatic rings. The topological polar surface area (TPSA) is 24.8 Å². The molecule has 0 saturated carbocycles. The molecule has 124 valence electrons. The summed E-state index contributed by atoms with van der Waals surface area (Å²) in [5.74, 6) is 0.852. The Morgan fingerprint density at radius 2 is 1.79 bits per heavy atom. The number of nitrogens with zero attached hydrogens (tertiary/aromatic N) is 2. The molecular weight excluding hydrogens is 296 g/mol. The van der Waals surface area contributed by atoms with Crippen LogP contribution in [0, 0.1) is 20.8 Å². The lowest BCUT2D eigenvalue weighted by Crippen LogP contribution is -2.61. The normalized spacial score (nSPS) is 23.2. The molecule has 0 amide bonds. The molecule has 0 aliphatic carbocycles. The fraction of sp³-hybridized carbons (Fsp3) is 0.381. The molecule has 2 heterocycles. The SMILES string of the molecule is Cc1ccc2c(c1)N=CC1(O2)N(C)c2ccc(C)c(C)c2C1(C)C. The highest BCUT2D eigenvalue weighted by atomic mass is 16.5. The third kappa shape index (κ3) is 1.70. The highest BCUT2D eigenvalue weighted by Gasteiger charge is 2.59. The van der Waals surface area contributed by atoms with Crippen molar-refractivity contribution in [1.29, 1.82) is 0 Å². The maximum Gasteiger partial charge on any atom is 0.228 e. The van der Waals surface area contributed by atoms with Crippen molar-refractivity contribution in [3.63, 3.8) is 0 Å². The summed E-state index contributed by atoms with van der Waals surface area (Å²) in [6.45, 7) is 11.0. The third-order valence-corrected chi connectivity index (χ3v) is 5.85. The van der Waals surface area contributed by atoms with E-state index in [1.165, 1.54) is 27.9 Å². The molecule has 1 unspecified atom stereocenters. The van der Waals surface area contributed by atoms with Gasteiger partial charge in [0.05, 0.1) is 11.6 Å². The number of hydrogen-bond acceptors (Lipinski definition) is 3. The van der Waals surface area contributed by atoms with Crippen LogP contribution in [0.1, 0.15) is 36.1 Å². The van der Waals surface area contributed by atoms with Gasteiger partial charge in [0.15, 0.2) is 0 Å². The molecule has 0 fully saturated rings. The van der Waals surface area contributed by atoms with Gasteiger partial charge in [0.2, 0.25) is 5.72 Å². The minimum atomic E-state index is -0.601. The van der Waals surface area contributed by atoms with Gasteiger partial charge < -0.3 is 9.64 Å². The molecule has 0 bridgehead atoms. The van der Waals surface area contributed by atoms with Gasteiger partial charge in [0, 0.05) is 12.7 Å². The Morgan fingerprint density at radius 1 is 1.04 bits per heavy atom. The fourth-order valence-electron chi connectivity index (χ4n) is 4.26. The summed E-state index contributed by atoms with van der Waals surface area (Å²) in [6.07, 6.45) is 1.99. The largest absolute Gasteiger partial charge is 0.459 e. The first kappa shape index (κ1) is 15.3. The summed E-state index contributed by atoms with van der Waals surface area (Å²) in [5, 5.41) is 0. The number of hydrogen-bond donors (Lipinski definition) is 0. The standard InChI is InChI=1S/C21H24N2O/c1-13-7-10-18-16(11-13)22-12-21(24-18)20(4,5)19-15(3)14(2)8-9-17(19)23(21)6/h7-12H,1-6H3. The molecule has 2 aromatic rings. The number of likely N-dealkylation sites (N-methyl/N-ethyl adjacent to an activating group) is 1. The van der Waals surface area contributed by atoms with Gasteiger partial charge in [-0.1, -0.05) is 12.1 Å². The fourth-order valence-corrected chi connectivity index (χ4v) is 4.26. The summed E-state index contributed by atoms with van der Waals surface area (Å²) >= 11 is 0. The maximum absolute atomic E-state index is 6.62. The van der Waals surface area contributed by atoms with E-state index in [0.29, 0.717) is 0 Å². The Labute approximate surface area is 144 Å². The van der Waals surface area contributed by atoms with Gasteiger partial charge in [-0.25, -0.2) is 0 Å². The smallest absolute Gasteiger partial charge is 0.228 e. The monoisotopic (exact) mass is 320 g/mol. The summed E-state index contributed by atoms with van der Waals surface area (Å²) in [4.78, 5) is 7.02. The van der Waals surface area contributed by atoms with Crippen LogP contribution >= 0.6 is 0 Å². The molecule has 3 nitrogen and oxygen atoms in total. The summed E-state index contributed by atoms with van der Waals surface area (Å²) in [5.41, 5.74) is 6.53. The molecule has 2 aromatic carbocycles. The number of aliphatic imine (C=N–C) groups is 1. The highest BCUT2D eigenvalue weighted by molar-refractivity contribution is 5.88. The van der Waals surface area contributed by atoms with Crippen molar-refractivity contribution < 1.29 is 4.74 Å². The second kappa shape index (κ2) is 4.62. The van der Waals surface area contributed by atoms with E-state index in [1.807, 2.05) is 12.3 Å². The Bertz CT molecular complexity index is 882. The van der Waals surface area contributed by atoms with Gasteiger partial charge in [-0.2, -0.15) is 0 Å². The second-order valence-corrected chi connectivity index (χ2v) is 7.61. The van der Waals surface area contributed by atoms with Crippen molar-refractivity contribution >= 4 is 17.6 Å². The summed E-state index contributed by atoms with van der Waals surface area (Å²) in [6, 6.07) is 10.6. The molecule has 1 atom stereocenters. The van der Waals surface area contributed by atoms with Crippen molar-refractivity contribution in [3.8, 4) is 5.75 Å². The van der Waals surface area contributed by atoms with E-state index < -0.39 is 5.72 Å². The number of aryl methyl sites for hydroxylation is 2. The molecule has 0 aromatic heterocycles. The zero-order chi connectivity index (χ0) is 17.3. The Balaban J connectivity index is 1.92. The minimum absolute atomic E-state index is 0.209. The number of rotatable bonds is 0. The molecule has 24 heavy (non-hydrogen) atoms. The average molecular weight is 320 g/mol.